The van der Waals surface area contributed by atoms with Gasteiger partial charge in [-0.25, -0.2) is 0 Å². The van der Waals surface area contributed by atoms with Crippen molar-refractivity contribution in [2.45, 2.75) is 51.6 Å². The molecule has 2 aliphatic rings. The third-order valence-corrected chi connectivity index (χ3v) is 6.67. The van der Waals surface area contributed by atoms with Crippen LogP contribution in [0.15, 0.2) is 42.7 Å². The number of pyridine rings is 1. The smallest absolute Gasteiger partial charge is 0.254 e. The highest BCUT2D eigenvalue weighted by Gasteiger charge is 2.36. The summed E-state index contributed by atoms with van der Waals surface area (Å²) in [5.74, 6) is 1.09. The minimum absolute atomic E-state index is 0.0125. The predicted octanol–water partition coefficient (Wildman–Crippen LogP) is 3.83. The summed E-state index contributed by atoms with van der Waals surface area (Å²) >= 11 is 0. The topological polar surface area (TPSA) is 62.7 Å². The molecular weight excluding hydrogens is 390 g/mol. The monoisotopic (exact) mass is 421 g/mol. The van der Waals surface area contributed by atoms with Crippen LogP contribution in [0.3, 0.4) is 0 Å². The van der Waals surface area contributed by atoms with E-state index in [-0.39, 0.29) is 23.8 Å². The van der Waals surface area contributed by atoms with Gasteiger partial charge in [-0.2, -0.15) is 0 Å². The number of hydrogen-bond donors (Lipinski definition) is 0. The highest BCUT2D eigenvalue weighted by molar-refractivity contribution is 5.96. The molecule has 2 amide bonds. The summed E-state index contributed by atoms with van der Waals surface area (Å²) in [6.07, 6.45) is 8.45. The van der Waals surface area contributed by atoms with E-state index >= 15 is 0 Å². The van der Waals surface area contributed by atoms with E-state index in [0.717, 1.165) is 49.0 Å². The van der Waals surface area contributed by atoms with E-state index < -0.39 is 0 Å². The molecule has 6 heteroatoms. The van der Waals surface area contributed by atoms with Crippen LogP contribution in [0.4, 0.5) is 0 Å². The van der Waals surface area contributed by atoms with Gasteiger partial charge in [0.15, 0.2) is 0 Å². The Labute approximate surface area is 184 Å². The summed E-state index contributed by atoms with van der Waals surface area (Å²) in [4.78, 5) is 34.8. The minimum atomic E-state index is 0.0125. The van der Waals surface area contributed by atoms with E-state index in [0.29, 0.717) is 25.2 Å². The lowest BCUT2D eigenvalue weighted by molar-refractivity contribution is -0.142. The van der Waals surface area contributed by atoms with Crippen LogP contribution in [0.2, 0.25) is 0 Å². The molecule has 6 nitrogen and oxygen atoms in total. The lowest BCUT2D eigenvalue weighted by Gasteiger charge is -2.42. The van der Waals surface area contributed by atoms with Crippen molar-refractivity contribution in [3.63, 3.8) is 0 Å². The molecule has 0 radical (unpaired) electrons. The van der Waals surface area contributed by atoms with Crippen molar-refractivity contribution in [1.29, 1.82) is 0 Å². The molecule has 0 bridgehead atoms. The molecule has 31 heavy (non-hydrogen) atoms. The molecule has 0 spiro atoms. The van der Waals surface area contributed by atoms with Crippen LogP contribution < -0.4 is 4.74 Å². The third kappa shape index (κ3) is 4.58. The molecule has 0 N–H and O–H groups in total. The van der Waals surface area contributed by atoms with Crippen LogP contribution in [0.1, 0.15) is 53.6 Å². The van der Waals surface area contributed by atoms with Gasteiger partial charge in [0.1, 0.15) is 5.75 Å². The largest absolute Gasteiger partial charge is 0.496 e. The molecule has 4 rings (SSSR count). The van der Waals surface area contributed by atoms with Gasteiger partial charge >= 0.3 is 0 Å². The Bertz CT molecular complexity index is 927. The van der Waals surface area contributed by atoms with Crippen LogP contribution in [-0.4, -0.2) is 52.8 Å². The normalized spacial score (nSPS) is 18.9. The number of carbonyl (C=O) groups excluding carboxylic acids is 2. The number of piperidine rings is 1. The zero-order valence-corrected chi connectivity index (χ0v) is 18.4. The molecule has 1 aromatic heterocycles. The second-order valence-corrected chi connectivity index (χ2v) is 8.64. The second-order valence-electron chi connectivity index (χ2n) is 8.64. The molecule has 1 aromatic carbocycles. The van der Waals surface area contributed by atoms with Crippen molar-refractivity contribution in [2.75, 3.05) is 20.2 Å². The van der Waals surface area contributed by atoms with Crippen molar-refractivity contribution in [2.24, 2.45) is 5.92 Å². The van der Waals surface area contributed by atoms with E-state index in [9.17, 15) is 9.59 Å². The highest BCUT2D eigenvalue weighted by atomic mass is 16.5. The first-order valence-corrected chi connectivity index (χ1v) is 11.2. The Morgan fingerprint density at radius 1 is 1.16 bits per heavy atom. The van der Waals surface area contributed by atoms with E-state index in [1.165, 1.54) is 0 Å². The fraction of sp³-hybridized carbons (Fsp3) is 0.480. The standard InChI is InChI=1S/C25H31N3O3/c1-18-22(11-4-12-23(18)31-2)25(30)27-14-6-10-21(17-27)28(24(29)20-8-3-9-20)16-19-7-5-13-26-15-19/h4-5,7,11-13,15,20-21H,3,6,8-10,14,16-17H2,1-2H3. The van der Waals surface area contributed by atoms with Crippen molar-refractivity contribution >= 4 is 11.8 Å². The average molecular weight is 422 g/mol. The van der Waals surface area contributed by atoms with Crippen LogP contribution in [0.5, 0.6) is 5.75 Å². The number of methoxy groups -OCH3 is 1. The van der Waals surface area contributed by atoms with E-state index in [2.05, 4.69) is 4.98 Å². The summed E-state index contributed by atoms with van der Waals surface area (Å²) in [5, 5.41) is 0. The van der Waals surface area contributed by atoms with Crippen molar-refractivity contribution in [1.82, 2.24) is 14.8 Å². The lowest BCUT2D eigenvalue weighted by Crippen LogP contribution is -2.53. The molecule has 1 aliphatic carbocycles. The Morgan fingerprint density at radius 3 is 2.68 bits per heavy atom. The number of hydrogen-bond acceptors (Lipinski definition) is 4. The van der Waals surface area contributed by atoms with Gasteiger partial charge in [0.25, 0.3) is 5.91 Å². The number of nitrogens with zero attached hydrogens (tertiary/aromatic N) is 3. The number of aromatic nitrogens is 1. The summed E-state index contributed by atoms with van der Waals surface area (Å²) in [6, 6.07) is 9.53. The average Bonchev–Trinajstić information content (AvgIpc) is 2.76. The number of likely N-dealkylation sites (tertiary alicyclic amines) is 1. The first-order chi connectivity index (χ1) is 15.1. The number of amides is 2. The first kappa shape index (κ1) is 21.3. The number of benzene rings is 1. The third-order valence-electron chi connectivity index (χ3n) is 6.67. The highest BCUT2D eigenvalue weighted by Crippen LogP contribution is 2.31. The maximum atomic E-state index is 13.3. The van der Waals surface area contributed by atoms with Crippen LogP contribution in [0.25, 0.3) is 0 Å². The molecule has 1 aliphatic heterocycles. The minimum Gasteiger partial charge on any atom is -0.496 e. The fourth-order valence-electron chi connectivity index (χ4n) is 4.60. The van der Waals surface area contributed by atoms with E-state index in [1.807, 2.05) is 53.3 Å². The van der Waals surface area contributed by atoms with Gasteiger partial charge in [0.2, 0.25) is 5.91 Å². The predicted molar refractivity (Wildman–Crippen MR) is 119 cm³/mol. The summed E-state index contributed by atoms with van der Waals surface area (Å²) in [5.41, 5.74) is 2.56. The maximum absolute atomic E-state index is 13.3. The van der Waals surface area contributed by atoms with Crippen LogP contribution >= 0.6 is 0 Å². The summed E-state index contributed by atoms with van der Waals surface area (Å²) in [6.45, 7) is 3.74. The maximum Gasteiger partial charge on any atom is 0.254 e. The zero-order valence-electron chi connectivity index (χ0n) is 18.4. The molecule has 2 heterocycles. The Hall–Kier alpha value is -2.89. The quantitative estimate of drug-likeness (QED) is 0.711. The van der Waals surface area contributed by atoms with E-state index in [4.69, 9.17) is 4.74 Å². The van der Waals surface area contributed by atoms with Crippen molar-refractivity contribution in [3.8, 4) is 5.75 Å². The molecular formula is C25H31N3O3. The summed E-state index contributed by atoms with van der Waals surface area (Å²) in [7, 11) is 1.62. The van der Waals surface area contributed by atoms with Gasteiger partial charge in [-0.15, -0.1) is 0 Å². The molecule has 1 saturated heterocycles. The molecule has 2 aromatic rings. The molecule has 1 unspecified atom stereocenters. The summed E-state index contributed by atoms with van der Waals surface area (Å²) < 4.78 is 5.40. The van der Waals surface area contributed by atoms with Gasteiger partial charge < -0.3 is 14.5 Å². The van der Waals surface area contributed by atoms with Gasteiger partial charge in [-0.3, -0.25) is 14.6 Å². The number of rotatable bonds is 6. The molecule has 1 atom stereocenters. The SMILES string of the molecule is COc1cccc(C(=O)N2CCCC(N(Cc3cccnc3)C(=O)C3CCC3)C2)c1C. The van der Waals surface area contributed by atoms with Gasteiger partial charge in [0, 0.05) is 55.1 Å². The molecule has 2 fully saturated rings. The second kappa shape index (κ2) is 9.50. The first-order valence-electron chi connectivity index (χ1n) is 11.2. The molecule has 1 saturated carbocycles. The molecule has 164 valence electrons. The number of ether oxygens (including phenoxy) is 1. The Morgan fingerprint density at radius 2 is 2.00 bits per heavy atom. The van der Waals surface area contributed by atoms with Crippen molar-refractivity contribution < 1.29 is 14.3 Å². The van der Waals surface area contributed by atoms with Gasteiger partial charge in [-0.05, 0) is 56.4 Å². The van der Waals surface area contributed by atoms with E-state index in [1.54, 1.807) is 13.3 Å². The lowest BCUT2D eigenvalue weighted by atomic mass is 9.83. The number of carbonyl (C=O) groups is 2. The van der Waals surface area contributed by atoms with Gasteiger partial charge in [0.05, 0.1) is 7.11 Å². The van der Waals surface area contributed by atoms with Crippen LogP contribution in [-0.2, 0) is 11.3 Å². The van der Waals surface area contributed by atoms with Gasteiger partial charge in [-0.1, -0.05) is 18.6 Å². The van der Waals surface area contributed by atoms with Crippen LogP contribution in [0, 0.1) is 12.8 Å². The zero-order chi connectivity index (χ0) is 21.8. The Balaban J connectivity index is 1.54. The fourth-order valence-corrected chi connectivity index (χ4v) is 4.60. The van der Waals surface area contributed by atoms with Crippen molar-refractivity contribution in [3.05, 3.63) is 59.4 Å². The Kier molecular flexibility index (Phi) is 6.54.